The molecule has 8 heteroatoms. The Bertz CT molecular complexity index is 675. The lowest BCUT2D eigenvalue weighted by atomic mass is 10.3. The highest BCUT2D eigenvalue weighted by atomic mass is 35.5. The van der Waals surface area contributed by atoms with Crippen LogP contribution < -0.4 is 0 Å². The smallest absolute Gasteiger partial charge is 0.332 e. The Balaban J connectivity index is 2.25. The first kappa shape index (κ1) is 16.4. The normalized spacial score (nSPS) is 10.3. The van der Waals surface area contributed by atoms with E-state index >= 15 is 0 Å². The zero-order valence-electron chi connectivity index (χ0n) is 12.1. The van der Waals surface area contributed by atoms with Crippen LogP contribution in [0.25, 0.3) is 0 Å². The van der Waals surface area contributed by atoms with Crippen LogP contribution in [0.15, 0.2) is 24.4 Å². The van der Waals surface area contributed by atoms with Gasteiger partial charge in [0.2, 0.25) is 0 Å². The summed E-state index contributed by atoms with van der Waals surface area (Å²) in [7, 11) is 0. The molecule has 2 aromatic heterocycles. The van der Waals surface area contributed by atoms with E-state index in [0.29, 0.717) is 16.3 Å². The van der Waals surface area contributed by atoms with Gasteiger partial charge in [-0.2, -0.15) is 5.06 Å². The maximum absolute atomic E-state index is 12.6. The number of pyridine rings is 1. The maximum Gasteiger partial charge on any atom is 0.332 e. The molecule has 6 nitrogen and oxygen atoms in total. The van der Waals surface area contributed by atoms with Crippen LogP contribution in [0.5, 0.6) is 0 Å². The molecule has 0 aromatic carbocycles. The molecule has 2 heterocycles. The fourth-order valence-corrected chi connectivity index (χ4v) is 2.74. The summed E-state index contributed by atoms with van der Waals surface area (Å²) >= 11 is 6.87. The number of aryl methyl sites for hydroxylation is 1. The second kappa shape index (κ2) is 7.33. The topological polar surface area (TPSA) is 72.4 Å². The molecule has 0 N–H and O–H groups in total. The van der Waals surface area contributed by atoms with E-state index in [2.05, 4.69) is 9.97 Å². The Morgan fingerprint density at radius 3 is 2.73 bits per heavy atom. The summed E-state index contributed by atoms with van der Waals surface area (Å²) in [4.78, 5) is 37.7. The minimum absolute atomic E-state index is 0.0559. The minimum Gasteiger partial charge on any atom is -0.337 e. The van der Waals surface area contributed by atoms with Crippen LogP contribution in [-0.2, 0) is 16.2 Å². The lowest BCUT2D eigenvalue weighted by molar-refractivity contribution is -0.179. The second-order valence-electron chi connectivity index (χ2n) is 4.36. The second-order valence-corrected chi connectivity index (χ2v) is 5.94. The fraction of sp³-hybridized carbons (Fsp3) is 0.286. The first-order valence-corrected chi connectivity index (χ1v) is 7.76. The molecular formula is C14H14ClN3O3S. The maximum atomic E-state index is 12.6. The number of nitrogens with zero attached hydrogens (tertiary/aromatic N) is 3. The molecule has 2 rings (SSSR count). The van der Waals surface area contributed by atoms with Crippen molar-refractivity contribution in [2.75, 3.05) is 0 Å². The Kier molecular flexibility index (Phi) is 5.46. The first-order valence-electron chi connectivity index (χ1n) is 6.56. The number of hydroxylamine groups is 2. The van der Waals surface area contributed by atoms with E-state index in [0.717, 1.165) is 16.4 Å². The van der Waals surface area contributed by atoms with Gasteiger partial charge in [-0.1, -0.05) is 35.9 Å². The van der Waals surface area contributed by atoms with Crippen molar-refractivity contribution in [3.8, 4) is 0 Å². The Hall–Kier alpha value is -1.99. The van der Waals surface area contributed by atoms with Gasteiger partial charge in [0, 0.05) is 12.6 Å². The third-order valence-electron chi connectivity index (χ3n) is 2.72. The third kappa shape index (κ3) is 4.02. The fourth-order valence-electron chi connectivity index (χ4n) is 1.65. The van der Waals surface area contributed by atoms with Crippen molar-refractivity contribution in [2.24, 2.45) is 0 Å². The van der Waals surface area contributed by atoms with Crippen molar-refractivity contribution in [3.63, 3.8) is 0 Å². The zero-order chi connectivity index (χ0) is 16.1. The molecule has 0 bridgehead atoms. The van der Waals surface area contributed by atoms with E-state index < -0.39 is 11.9 Å². The van der Waals surface area contributed by atoms with Gasteiger partial charge in [0.15, 0.2) is 4.47 Å². The predicted octanol–water partition coefficient (Wildman–Crippen LogP) is 3.01. The average molecular weight is 340 g/mol. The molecule has 0 atom stereocenters. The summed E-state index contributed by atoms with van der Waals surface area (Å²) in [6.45, 7) is 3.39. The van der Waals surface area contributed by atoms with Gasteiger partial charge >= 0.3 is 5.97 Å². The number of halogens is 1. The first-order chi connectivity index (χ1) is 10.5. The van der Waals surface area contributed by atoms with Gasteiger partial charge in [0.1, 0.15) is 11.4 Å². The average Bonchev–Trinajstić information content (AvgIpc) is 2.85. The van der Waals surface area contributed by atoms with Crippen molar-refractivity contribution in [1.82, 2.24) is 15.0 Å². The third-order valence-corrected chi connectivity index (χ3v) is 3.97. The lowest BCUT2D eigenvalue weighted by Crippen LogP contribution is -2.33. The molecule has 2 aromatic rings. The molecule has 0 aliphatic heterocycles. The molecule has 0 aliphatic carbocycles. The summed E-state index contributed by atoms with van der Waals surface area (Å²) in [5.41, 5.74) is 1.10. The Morgan fingerprint density at radius 1 is 1.41 bits per heavy atom. The summed E-state index contributed by atoms with van der Waals surface area (Å²) in [6, 6.07) is 5.30. The molecule has 0 aliphatic rings. The summed E-state index contributed by atoms with van der Waals surface area (Å²) in [5, 5.41) is 0.991. The highest BCUT2D eigenvalue weighted by molar-refractivity contribution is 7.17. The van der Waals surface area contributed by atoms with Gasteiger partial charge in [0.25, 0.3) is 5.91 Å². The molecule has 0 radical (unpaired) electrons. The van der Waals surface area contributed by atoms with E-state index in [9.17, 15) is 9.59 Å². The van der Waals surface area contributed by atoms with Crippen LogP contribution in [0.4, 0.5) is 0 Å². The van der Waals surface area contributed by atoms with E-state index in [1.54, 1.807) is 38.2 Å². The highest BCUT2D eigenvalue weighted by Crippen LogP contribution is 2.24. The van der Waals surface area contributed by atoms with Gasteiger partial charge in [-0.3, -0.25) is 9.78 Å². The number of rotatable bonds is 4. The van der Waals surface area contributed by atoms with Crippen molar-refractivity contribution in [3.05, 3.63) is 45.1 Å². The number of carbonyl (C=O) groups is 2. The molecule has 0 saturated heterocycles. The zero-order valence-corrected chi connectivity index (χ0v) is 13.6. The van der Waals surface area contributed by atoms with Crippen molar-refractivity contribution >= 4 is 34.8 Å². The number of hydrogen-bond acceptors (Lipinski definition) is 6. The highest BCUT2D eigenvalue weighted by Gasteiger charge is 2.25. The van der Waals surface area contributed by atoms with Crippen molar-refractivity contribution in [1.29, 1.82) is 0 Å². The quantitative estimate of drug-likeness (QED) is 0.801. The van der Waals surface area contributed by atoms with Gasteiger partial charge in [0.05, 0.1) is 11.4 Å². The largest absolute Gasteiger partial charge is 0.337 e. The molecule has 0 saturated carbocycles. The van der Waals surface area contributed by atoms with Crippen LogP contribution in [-0.4, -0.2) is 26.9 Å². The van der Waals surface area contributed by atoms with Gasteiger partial charge in [-0.25, -0.2) is 9.78 Å². The number of carbonyl (C=O) groups excluding carboxylic acids is 2. The van der Waals surface area contributed by atoms with E-state index in [1.165, 1.54) is 0 Å². The number of hydrogen-bond donors (Lipinski definition) is 0. The van der Waals surface area contributed by atoms with Crippen LogP contribution in [0.3, 0.4) is 0 Å². The summed E-state index contributed by atoms with van der Waals surface area (Å²) in [5.74, 6) is -0.966. The van der Waals surface area contributed by atoms with Crippen LogP contribution in [0.2, 0.25) is 4.47 Å². The standard InChI is InChI=1S/C14H14ClN3O3S/c1-3-11(19)21-18(8-10-6-4-5-7-16-10)13(20)12-9(2)17-14(15)22-12/h4-7H,3,8H2,1-2H3. The van der Waals surface area contributed by atoms with Gasteiger partial charge < -0.3 is 4.84 Å². The molecule has 0 fully saturated rings. The van der Waals surface area contributed by atoms with E-state index in [1.807, 2.05) is 0 Å². The van der Waals surface area contributed by atoms with Gasteiger partial charge in [-0.15, -0.1) is 0 Å². The van der Waals surface area contributed by atoms with Crippen LogP contribution in [0, 0.1) is 6.92 Å². The minimum atomic E-state index is -0.502. The predicted molar refractivity (Wildman–Crippen MR) is 82.4 cm³/mol. The van der Waals surface area contributed by atoms with Crippen LogP contribution >= 0.6 is 22.9 Å². The van der Waals surface area contributed by atoms with E-state index in [-0.39, 0.29) is 17.4 Å². The van der Waals surface area contributed by atoms with Crippen molar-refractivity contribution in [2.45, 2.75) is 26.8 Å². The monoisotopic (exact) mass is 339 g/mol. The number of amides is 1. The summed E-state index contributed by atoms with van der Waals surface area (Å²) in [6.07, 6.45) is 1.77. The molecule has 1 amide bonds. The molecule has 22 heavy (non-hydrogen) atoms. The van der Waals surface area contributed by atoms with Crippen molar-refractivity contribution < 1.29 is 14.4 Å². The van der Waals surface area contributed by atoms with Crippen LogP contribution in [0.1, 0.15) is 34.4 Å². The van der Waals surface area contributed by atoms with E-state index in [4.69, 9.17) is 16.4 Å². The lowest BCUT2D eigenvalue weighted by Gasteiger charge is -2.20. The number of thiazole rings is 1. The summed E-state index contributed by atoms with van der Waals surface area (Å²) < 4.78 is 0.264. The molecule has 116 valence electrons. The Morgan fingerprint density at radius 2 is 2.18 bits per heavy atom. The number of aromatic nitrogens is 2. The van der Waals surface area contributed by atoms with Gasteiger partial charge in [-0.05, 0) is 19.1 Å². The molecular weight excluding hydrogens is 326 g/mol. The Labute approximate surface area is 136 Å². The molecule has 0 unspecified atom stereocenters. The SMILES string of the molecule is CCC(=O)ON(Cc1ccccn1)C(=O)c1sc(Cl)nc1C. The molecule has 0 spiro atoms.